The number of rotatable bonds is 5. The lowest BCUT2D eigenvalue weighted by atomic mass is 10.1. The van der Waals surface area contributed by atoms with Gasteiger partial charge in [-0.1, -0.05) is 6.92 Å². The molecule has 6 heteroatoms. The van der Waals surface area contributed by atoms with Gasteiger partial charge in [-0.3, -0.25) is 0 Å². The maximum Gasteiger partial charge on any atom is 0.172 e. The minimum absolute atomic E-state index is 0.264. The Morgan fingerprint density at radius 2 is 2.41 bits per heavy atom. The summed E-state index contributed by atoms with van der Waals surface area (Å²) in [5.41, 5.74) is 8.03. The van der Waals surface area contributed by atoms with Gasteiger partial charge in [-0.2, -0.15) is 11.3 Å². The SMILES string of the molecule is CCCOC1CCCN(c2nc(-c3ccsc3)cnc2N)C1. The van der Waals surface area contributed by atoms with Gasteiger partial charge in [-0.25, -0.2) is 9.97 Å². The Hall–Kier alpha value is -1.66. The van der Waals surface area contributed by atoms with Crippen LogP contribution in [-0.4, -0.2) is 35.8 Å². The second-order valence-electron chi connectivity index (χ2n) is 5.56. The van der Waals surface area contributed by atoms with Crippen LogP contribution in [0.2, 0.25) is 0 Å². The van der Waals surface area contributed by atoms with E-state index in [1.54, 1.807) is 17.5 Å². The third-order valence-electron chi connectivity index (χ3n) is 3.83. The van der Waals surface area contributed by atoms with Crippen molar-refractivity contribution in [2.45, 2.75) is 32.3 Å². The third kappa shape index (κ3) is 3.39. The summed E-state index contributed by atoms with van der Waals surface area (Å²) >= 11 is 1.66. The Kier molecular flexibility index (Phi) is 4.90. The fraction of sp³-hybridized carbons (Fsp3) is 0.500. The van der Waals surface area contributed by atoms with Crippen LogP contribution < -0.4 is 10.6 Å². The highest BCUT2D eigenvalue weighted by Gasteiger charge is 2.23. The molecule has 2 aromatic rings. The van der Waals surface area contributed by atoms with E-state index in [1.165, 1.54) is 0 Å². The van der Waals surface area contributed by atoms with Crippen molar-refractivity contribution in [2.75, 3.05) is 30.3 Å². The van der Waals surface area contributed by atoms with Gasteiger partial charge >= 0.3 is 0 Å². The molecule has 0 bridgehead atoms. The van der Waals surface area contributed by atoms with Gasteiger partial charge in [0.05, 0.1) is 18.0 Å². The quantitative estimate of drug-likeness (QED) is 0.917. The van der Waals surface area contributed by atoms with E-state index in [0.29, 0.717) is 5.82 Å². The second-order valence-corrected chi connectivity index (χ2v) is 6.34. The minimum atomic E-state index is 0.264. The fourth-order valence-corrected chi connectivity index (χ4v) is 3.37. The van der Waals surface area contributed by atoms with Crippen LogP contribution in [0.3, 0.4) is 0 Å². The second kappa shape index (κ2) is 7.07. The van der Waals surface area contributed by atoms with E-state index in [2.05, 4.69) is 28.3 Å². The smallest absolute Gasteiger partial charge is 0.172 e. The highest BCUT2D eigenvalue weighted by Crippen LogP contribution is 2.27. The van der Waals surface area contributed by atoms with Crippen LogP contribution in [0.15, 0.2) is 23.0 Å². The van der Waals surface area contributed by atoms with Gasteiger partial charge in [0.2, 0.25) is 0 Å². The number of thiophene rings is 1. The predicted octanol–water partition coefficient (Wildman–Crippen LogP) is 3.18. The standard InChI is InChI=1S/C16H22N4OS/c1-2-7-21-13-4-3-6-20(10-13)16-15(17)18-9-14(19-16)12-5-8-22-11-12/h5,8-9,11,13H,2-4,6-7,10H2,1H3,(H2,17,18). The first-order chi connectivity index (χ1) is 10.8. The van der Waals surface area contributed by atoms with Gasteiger partial charge in [-0.15, -0.1) is 0 Å². The molecule has 1 saturated heterocycles. The summed E-state index contributed by atoms with van der Waals surface area (Å²) in [6, 6.07) is 2.05. The molecule has 2 aromatic heterocycles. The van der Waals surface area contributed by atoms with Gasteiger partial charge in [0.1, 0.15) is 0 Å². The maximum atomic E-state index is 6.07. The molecule has 0 saturated carbocycles. The molecular weight excluding hydrogens is 296 g/mol. The Labute approximate surface area is 135 Å². The normalized spacial score (nSPS) is 18.6. The molecule has 0 amide bonds. The van der Waals surface area contributed by atoms with Gasteiger partial charge in [0.25, 0.3) is 0 Å². The average Bonchev–Trinajstić information content (AvgIpc) is 3.08. The maximum absolute atomic E-state index is 6.07. The molecule has 0 aliphatic carbocycles. The molecule has 0 spiro atoms. The van der Waals surface area contributed by atoms with Gasteiger partial charge in [-0.05, 0) is 30.7 Å². The van der Waals surface area contributed by atoms with Crippen LogP contribution >= 0.6 is 11.3 Å². The molecule has 1 fully saturated rings. The number of nitrogens with two attached hydrogens (primary N) is 1. The number of piperidine rings is 1. The molecule has 0 aromatic carbocycles. The molecule has 118 valence electrons. The molecule has 3 rings (SSSR count). The molecule has 5 nitrogen and oxygen atoms in total. The molecular formula is C16H22N4OS. The Morgan fingerprint density at radius 3 is 3.18 bits per heavy atom. The molecule has 22 heavy (non-hydrogen) atoms. The lowest BCUT2D eigenvalue weighted by molar-refractivity contribution is 0.0439. The first kappa shape index (κ1) is 15.2. The molecule has 1 atom stereocenters. The topological polar surface area (TPSA) is 64.3 Å². The van der Waals surface area contributed by atoms with Crippen molar-refractivity contribution in [2.24, 2.45) is 0 Å². The molecule has 1 aliphatic rings. The van der Waals surface area contributed by atoms with Crippen molar-refractivity contribution < 1.29 is 4.74 Å². The van der Waals surface area contributed by atoms with Gasteiger partial charge in [0.15, 0.2) is 11.6 Å². The highest BCUT2D eigenvalue weighted by molar-refractivity contribution is 7.08. The van der Waals surface area contributed by atoms with Crippen molar-refractivity contribution in [1.29, 1.82) is 0 Å². The Balaban J connectivity index is 1.79. The monoisotopic (exact) mass is 318 g/mol. The van der Waals surface area contributed by atoms with E-state index in [1.807, 2.05) is 5.38 Å². The van der Waals surface area contributed by atoms with Gasteiger partial charge < -0.3 is 15.4 Å². The molecule has 3 heterocycles. The number of nitrogens with zero attached hydrogens (tertiary/aromatic N) is 3. The molecule has 0 radical (unpaired) electrons. The van der Waals surface area contributed by atoms with Crippen LogP contribution in [0.25, 0.3) is 11.3 Å². The summed E-state index contributed by atoms with van der Waals surface area (Å²) in [5, 5.41) is 4.12. The first-order valence-electron chi connectivity index (χ1n) is 7.79. The third-order valence-corrected chi connectivity index (χ3v) is 4.52. The lowest BCUT2D eigenvalue weighted by Gasteiger charge is -2.33. The summed E-state index contributed by atoms with van der Waals surface area (Å²) in [6.07, 6.45) is 5.26. The number of ether oxygens (including phenoxy) is 1. The van der Waals surface area contributed by atoms with E-state index in [0.717, 1.165) is 56.0 Å². The number of hydrogen-bond donors (Lipinski definition) is 1. The van der Waals surface area contributed by atoms with Crippen molar-refractivity contribution in [3.05, 3.63) is 23.0 Å². The van der Waals surface area contributed by atoms with E-state index in [9.17, 15) is 0 Å². The van der Waals surface area contributed by atoms with Crippen molar-refractivity contribution >= 4 is 23.0 Å². The summed E-state index contributed by atoms with van der Waals surface area (Å²) in [7, 11) is 0. The van der Waals surface area contributed by atoms with E-state index < -0.39 is 0 Å². The number of hydrogen-bond acceptors (Lipinski definition) is 6. The number of nitrogen functional groups attached to an aromatic ring is 1. The number of aromatic nitrogens is 2. The van der Waals surface area contributed by atoms with Crippen LogP contribution in [0, 0.1) is 0 Å². The van der Waals surface area contributed by atoms with Crippen molar-refractivity contribution in [3.63, 3.8) is 0 Å². The van der Waals surface area contributed by atoms with E-state index >= 15 is 0 Å². The molecule has 2 N–H and O–H groups in total. The average molecular weight is 318 g/mol. The van der Waals surface area contributed by atoms with E-state index in [-0.39, 0.29) is 6.10 Å². The zero-order valence-electron chi connectivity index (χ0n) is 12.9. The zero-order valence-corrected chi connectivity index (χ0v) is 13.7. The van der Waals surface area contributed by atoms with Crippen LogP contribution in [0.4, 0.5) is 11.6 Å². The van der Waals surface area contributed by atoms with Crippen molar-refractivity contribution in [1.82, 2.24) is 9.97 Å². The van der Waals surface area contributed by atoms with Crippen LogP contribution in [0.5, 0.6) is 0 Å². The first-order valence-corrected chi connectivity index (χ1v) is 8.74. The summed E-state index contributed by atoms with van der Waals surface area (Å²) in [5.74, 6) is 1.28. The number of anilines is 2. The van der Waals surface area contributed by atoms with Crippen LogP contribution in [0.1, 0.15) is 26.2 Å². The van der Waals surface area contributed by atoms with Crippen LogP contribution in [-0.2, 0) is 4.74 Å². The Morgan fingerprint density at radius 1 is 1.50 bits per heavy atom. The van der Waals surface area contributed by atoms with Crippen molar-refractivity contribution in [3.8, 4) is 11.3 Å². The van der Waals surface area contributed by atoms with E-state index in [4.69, 9.17) is 15.5 Å². The predicted molar refractivity (Wildman–Crippen MR) is 91.2 cm³/mol. The summed E-state index contributed by atoms with van der Waals surface area (Å²) in [4.78, 5) is 11.3. The van der Waals surface area contributed by atoms with Gasteiger partial charge in [0, 0.05) is 30.6 Å². The highest BCUT2D eigenvalue weighted by atomic mass is 32.1. The summed E-state index contributed by atoms with van der Waals surface area (Å²) < 4.78 is 5.90. The lowest BCUT2D eigenvalue weighted by Crippen LogP contribution is -2.40. The fourth-order valence-electron chi connectivity index (χ4n) is 2.72. The summed E-state index contributed by atoms with van der Waals surface area (Å²) in [6.45, 7) is 4.74. The molecule has 1 aliphatic heterocycles. The molecule has 1 unspecified atom stereocenters. The largest absolute Gasteiger partial charge is 0.381 e. The Bertz CT molecular complexity index is 602. The zero-order chi connectivity index (χ0) is 15.4. The minimum Gasteiger partial charge on any atom is -0.381 e.